The first-order valence-corrected chi connectivity index (χ1v) is 10.1. The lowest BCUT2D eigenvalue weighted by Gasteiger charge is -2.12. The highest BCUT2D eigenvalue weighted by Crippen LogP contribution is 2.36. The van der Waals surface area contributed by atoms with Gasteiger partial charge in [-0.1, -0.05) is 39.3 Å². The fourth-order valence-corrected chi connectivity index (χ4v) is 3.32. The summed E-state index contributed by atoms with van der Waals surface area (Å²) in [6.07, 6.45) is 0. The number of carbonyl (C=O) groups excluding carboxylic acids is 1. The van der Waals surface area contributed by atoms with Crippen molar-refractivity contribution >= 4 is 50.9 Å². The summed E-state index contributed by atoms with van der Waals surface area (Å²) < 4.78 is 16.9. The van der Waals surface area contributed by atoms with Gasteiger partial charge in [0, 0.05) is 16.1 Å². The van der Waals surface area contributed by atoms with E-state index in [1.807, 2.05) is 24.3 Å². The van der Waals surface area contributed by atoms with Crippen molar-refractivity contribution < 1.29 is 18.7 Å². The molecule has 1 amide bonds. The zero-order chi connectivity index (χ0) is 20.1. The molecule has 7 nitrogen and oxygen atoms in total. The molecule has 0 spiro atoms. The Hall–Kier alpha value is -2.23. The number of ether oxygens (including phenoxy) is 2. The molecule has 0 aliphatic rings. The van der Waals surface area contributed by atoms with Crippen LogP contribution in [0.3, 0.4) is 0 Å². The molecular formula is C18H15BrClN3O4S. The van der Waals surface area contributed by atoms with Crippen molar-refractivity contribution in [1.82, 2.24) is 10.2 Å². The molecular weight excluding hydrogens is 470 g/mol. The van der Waals surface area contributed by atoms with Crippen molar-refractivity contribution in [2.45, 2.75) is 5.22 Å². The summed E-state index contributed by atoms with van der Waals surface area (Å²) in [4.78, 5) is 12.3. The smallest absolute Gasteiger partial charge is 0.277 e. The fourth-order valence-electron chi connectivity index (χ4n) is 2.25. The van der Waals surface area contributed by atoms with E-state index in [4.69, 9.17) is 25.5 Å². The molecule has 0 radical (unpaired) electrons. The van der Waals surface area contributed by atoms with Gasteiger partial charge in [0.1, 0.15) is 11.5 Å². The molecule has 3 aromatic rings. The number of hydrogen-bond acceptors (Lipinski definition) is 7. The number of thioether (sulfide) groups is 1. The number of hydrogen-bond donors (Lipinski definition) is 1. The number of amides is 1. The zero-order valence-electron chi connectivity index (χ0n) is 14.9. The van der Waals surface area contributed by atoms with Crippen LogP contribution in [0.4, 0.5) is 5.69 Å². The molecule has 3 rings (SSSR count). The van der Waals surface area contributed by atoms with Gasteiger partial charge in [-0.15, -0.1) is 10.2 Å². The molecule has 1 aromatic heterocycles. The maximum Gasteiger partial charge on any atom is 0.277 e. The van der Waals surface area contributed by atoms with Gasteiger partial charge in [-0.25, -0.2) is 0 Å². The Balaban J connectivity index is 1.62. The van der Waals surface area contributed by atoms with Gasteiger partial charge in [0.05, 0.1) is 30.7 Å². The van der Waals surface area contributed by atoms with Crippen molar-refractivity contribution in [2.24, 2.45) is 0 Å². The quantitative estimate of drug-likeness (QED) is 0.477. The minimum atomic E-state index is -0.270. The highest BCUT2D eigenvalue weighted by Gasteiger charge is 2.15. The first kappa shape index (κ1) is 20.5. The van der Waals surface area contributed by atoms with E-state index in [0.717, 1.165) is 21.8 Å². The molecule has 0 saturated heterocycles. The number of methoxy groups -OCH3 is 2. The van der Waals surface area contributed by atoms with Crippen LogP contribution in [0.1, 0.15) is 0 Å². The second-order valence-electron chi connectivity index (χ2n) is 5.40. The SMILES string of the molecule is COc1cc(OC)c(NC(=O)CSc2nnc(-c3ccc(Br)cc3)o2)cc1Cl. The summed E-state index contributed by atoms with van der Waals surface area (Å²) in [7, 11) is 3.00. The molecule has 0 aliphatic heterocycles. The third-order valence-corrected chi connectivity index (χ3v) is 5.21. The summed E-state index contributed by atoms with van der Waals surface area (Å²) in [5.74, 6) is 1.09. The Morgan fingerprint density at radius 3 is 2.57 bits per heavy atom. The number of carbonyl (C=O) groups is 1. The lowest BCUT2D eigenvalue weighted by Crippen LogP contribution is -2.14. The summed E-state index contributed by atoms with van der Waals surface area (Å²) >= 11 is 10.6. The Morgan fingerprint density at radius 1 is 1.18 bits per heavy atom. The van der Waals surface area contributed by atoms with Gasteiger partial charge >= 0.3 is 0 Å². The highest BCUT2D eigenvalue weighted by molar-refractivity contribution is 9.10. The molecule has 0 unspecified atom stereocenters. The van der Waals surface area contributed by atoms with Gasteiger partial charge in [-0.05, 0) is 30.3 Å². The molecule has 28 heavy (non-hydrogen) atoms. The third kappa shape index (κ3) is 4.98. The number of anilines is 1. The lowest BCUT2D eigenvalue weighted by molar-refractivity contribution is -0.113. The van der Waals surface area contributed by atoms with E-state index in [1.54, 1.807) is 12.1 Å². The highest BCUT2D eigenvalue weighted by atomic mass is 79.9. The summed E-state index contributed by atoms with van der Waals surface area (Å²) in [6.45, 7) is 0. The van der Waals surface area contributed by atoms with E-state index < -0.39 is 0 Å². The summed E-state index contributed by atoms with van der Waals surface area (Å²) in [5.41, 5.74) is 1.24. The second kappa shape index (κ2) is 9.31. The van der Waals surface area contributed by atoms with E-state index >= 15 is 0 Å². The third-order valence-electron chi connectivity index (χ3n) is 3.57. The molecule has 146 valence electrons. The van der Waals surface area contributed by atoms with Gasteiger partial charge in [-0.2, -0.15) is 0 Å². The Bertz CT molecular complexity index is 981. The molecule has 1 heterocycles. The normalized spacial score (nSPS) is 10.6. The molecule has 0 fully saturated rings. The average Bonchev–Trinajstić information content (AvgIpc) is 3.16. The van der Waals surface area contributed by atoms with Crippen LogP contribution in [0, 0.1) is 0 Å². The minimum Gasteiger partial charge on any atom is -0.495 e. The van der Waals surface area contributed by atoms with E-state index in [-0.39, 0.29) is 11.7 Å². The maximum atomic E-state index is 12.3. The average molecular weight is 485 g/mol. The monoisotopic (exact) mass is 483 g/mol. The first-order chi connectivity index (χ1) is 13.5. The van der Waals surface area contributed by atoms with Crippen molar-refractivity contribution in [3.05, 3.63) is 45.9 Å². The van der Waals surface area contributed by atoms with Crippen LogP contribution in [-0.2, 0) is 4.79 Å². The molecule has 10 heteroatoms. The van der Waals surface area contributed by atoms with Gasteiger partial charge in [0.15, 0.2) is 0 Å². The van der Waals surface area contributed by atoms with Crippen LogP contribution >= 0.6 is 39.3 Å². The van der Waals surface area contributed by atoms with Crippen LogP contribution in [0.25, 0.3) is 11.5 Å². The summed E-state index contributed by atoms with van der Waals surface area (Å²) in [5, 5.41) is 11.4. The molecule has 0 atom stereocenters. The molecule has 1 N–H and O–H groups in total. The predicted molar refractivity (Wildman–Crippen MR) is 111 cm³/mol. The molecule has 0 saturated carbocycles. The fraction of sp³-hybridized carbons (Fsp3) is 0.167. The number of nitrogens with one attached hydrogen (secondary N) is 1. The van der Waals surface area contributed by atoms with E-state index in [9.17, 15) is 4.79 Å². The van der Waals surface area contributed by atoms with Crippen molar-refractivity contribution in [3.63, 3.8) is 0 Å². The second-order valence-corrected chi connectivity index (χ2v) is 7.65. The van der Waals surface area contributed by atoms with Crippen LogP contribution in [-0.4, -0.2) is 36.1 Å². The Morgan fingerprint density at radius 2 is 1.89 bits per heavy atom. The Kier molecular flexibility index (Phi) is 6.82. The largest absolute Gasteiger partial charge is 0.495 e. The number of nitrogens with zero attached hydrogens (tertiary/aromatic N) is 2. The molecule has 0 bridgehead atoms. The van der Waals surface area contributed by atoms with E-state index in [2.05, 4.69) is 31.4 Å². The number of halogens is 2. The van der Waals surface area contributed by atoms with E-state index in [0.29, 0.717) is 33.3 Å². The van der Waals surface area contributed by atoms with Gasteiger partial charge < -0.3 is 19.2 Å². The van der Waals surface area contributed by atoms with Crippen molar-refractivity contribution in [1.29, 1.82) is 0 Å². The number of benzene rings is 2. The lowest BCUT2D eigenvalue weighted by atomic mass is 10.2. The van der Waals surface area contributed by atoms with E-state index in [1.165, 1.54) is 14.2 Å². The number of aromatic nitrogens is 2. The minimum absolute atomic E-state index is 0.0781. The van der Waals surface area contributed by atoms with Crippen LogP contribution < -0.4 is 14.8 Å². The van der Waals surface area contributed by atoms with Crippen molar-refractivity contribution in [3.8, 4) is 23.0 Å². The standard InChI is InChI=1S/C18H15BrClN3O4S/c1-25-14-8-15(26-2)13(7-12(14)20)21-16(24)9-28-18-23-22-17(27-18)10-3-5-11(19)6-4-10/h3-8H,9H2,1-2H3,(H,21,24). The zero-order valence-corrected chi connectivity index (χ0v) is 18.0. The van der Waals surface area contributed by atoms with Crippen LogP contribution in [0.2, 0.25) is 5.02 Å². The van der Waals surface area contributed by atoms with Crippen molar-refractivity contribution in [2.75, 3.05) is 25.3 Å². The van der Waals surface area contributed by atoms with Gasteiger partial charge in [0.25, 0.3) is 5.22 Å². The maximum absolute atomic E-state index is 12.3. The first-order valence-electron chi connectivity index (χ1n) is 7.93. The van der Waals surface area contributed by atoms with Gasteiger partial charge in [0.2, 0.25) is 11.8 Å². The molecule has 0 aliphatic carbocycles. The van der Waals surface area contributed by atoms with Gasteiger partial charge in [-0.3, -0.25) is 4.79 Å². The molecule has 2 aromatic carbocycles. The van der Waals surface area contributed by atoms with Crippen LogP contribution in [0.5, 0.6) is 11.5 Å². The number of rotatable bonds is 7. The Labute approximate surface area is 178 Å². The topological polar surface area (TPSA) is 86.5 Å². The predicted octanol–water partition coefficient (Wildman–Crippen LogP) is 4.90. The summed E-state index contributed by atoms with van der Waals surface area (Å²) in [6, 6.07) is 10.7. The van der Waals surface area contributed by atoms with Crippen LogP contribution in [0.15, 0.2) is 50.5 Å².